The first-order valence-corrected chi connectivity index (χ1v) is 10.0. The fourth-order valence-corrected chi connectivity index (χ4v) is 1.58. The van der Waals surface area contributed by atoms with Gasteiger partial charge >= 0.3 is 17.9 Å². The normalized spacial score (nSPS) is 11.3. The second-order valence-electron chi connectivity index (χ2n) is 8.49. The molecule has 0 aromatic heterocycles. The number of rotatable bonds is 6. The largest absolute Gasteiger partial charge is 0.481 e. The molecule has 1 aromatic carbocycles. The molecule has 0 spiro atoms. The maximum atomic E-state index is 10.2. The van der Waals surface area contributed by atoms with Gasteiger partial charge in [0.15, 0.2) is 0 Å². The van der Waals surface area contributed by atoms with Gasteiger partial charge in [-0.1, -0.05) is 73.6 Å². The average molecular weight is 445 g/mol. The predicted molar refractivity (Wildman–Crippen MR) is 120 cm³/mol. The Morgan fingerprint density at radius 2 is 1.13 bits per heavy atom. The number of hydrogen-bond acceptors (Lipinski definition) is 5. The first kappa shape index (κ1) is 33.2. The Bertz CT molecular complexity index is 604. The van der Waals surface area contributed by atoms with Gasteiger partial charge < -0.3 is 25.5 Å². The smallest absolute Gasteiger partial charge is 0.335 e. The molecule has 0 aliphatic carbocycles. The topological polar surface area (TPSA) is 152 Å². The lowest BCUT2D eigenvalue weighted by molar-refractivity contribution is -0.141. The minimum absolute atomic E-state index is 0.0341. The van der Waals surface area contributed by atoms with Gasteiger partial charge in [0.05, 0.1) is 30.1 Å². The number of aromatic carboxylic acids is 1. The van der Waals surface area contributed by atoms with Crippen molar-refractivity contribution in [2.75, 3.05) is 6.61 Å². The van der Waals surface area contributed by atoms with Crippen molar-refractivity contribution in [2.45, 2.75) is 61.5 Å². The third kappa shape index (κ3) is 19.3. The second kappa shape index (κ2) is 17.3. The fourth-order valence-electron chi connectivity index (χ4n) is 1.58. The van der Waals surface area contributed by atoms with Crippen LogP contribution in [0.25, 0.3) is 0 Å². The molecule has 1 unspecified atom stereocenters. The van der Waals surface area contributed by atoms with Crippen LogP contribution in [0.1, 0.15) is 65.7 Å². The highest BCUT2D eigenvalue weighted by Gasteiger charge is 2.28. The van der Waals surface area contributed by atoms with Crippen LogP contribution >= 0.6 is 0 Å². The molecule has 0 amide bonds. The molecule has 0 saturated heterocycles. The van der Waals surface area contributed by atoms with Crippen LogP contribution in [0, 0.1) is 23.2 Å². The maximum Gasteiger partial charge on any atom is 0.335 e. The summed E-state index contributed by atoms with van der Waals surface area (Å²) in [6, 6.07) is 8.30. The van der Waals surface area contributed by atoms with Crippen molar-refractivity contribution < 1.29 is 39.9 Å². The average Bonchev–Trinajstić information content (AvgIpc) is 2.69. The molecule has 0 bridgehead atoms. The van der Waals surface area contributed by atoms with E-state index in [0.29, 0.717) is 5.56 Å². The lowest BCUT2D eigenvalue weighted by atomic mass is 9.82. The number of carboxylic acids is 3. The van der Waals surface area contributed by atoms with Crippen LogP contribution in [0.2, 0.25) is 0 Å². The Balaban J connectivity index is -0.000000347. The third-order valence-electron chi connectivity index (χ3n) is 3.85. The fraction of sp³-hybridized carbons (Fsp3) is 0.609. The summed E-state index contributed by atoms with van der Waals surface area (Å²) in [5.74, 6) is -2.61. The highest BCUT2D eigenvalue weighted by molar-refractivity contribution is 5.87. The molecule has 1 atom stereocenters. The Kier molecular flexibility index (Phi) is 18.5. The predicted octanol–water partition coefficient (Wildman–Crippen LogP) is 3.86. The number of aliphatic carboxylic acids is 2. The molecule has 180 valence electrons. The monoisotopic (exact) mass is 444 g/mol. The van der Waals surface area contributed by atoms with Crippen molar-refractivity contribution in [3.05, 3.63) is 35.9 Å². The summed E-state index contributed by atoms with van der Waals surface area (Å²) < 4.78 is 0. The zero-order chi connectivity index (χ0) is 25.4. The molecule has 1 aromatic rings. The zero-order valence-corrected chi connectivity index (χ0v) is 19.9. The van der Waals surface area contributed by atoms with E-state index in [2.05, 4.69) is 0 Å². The molecule has 0 aliphatic rings. The molecule has 31 heavy (non-hydrogen) atoms. The molecule has 0 saturated carbocycles. The van der Waals surface area contributed by atoms with Crippen LogP contribution < -0.4 is 0 Å². The zero-order valence-electron chi connectivity index (χ0n) is 19.9. The molecular formula is C23H40O8. The van der Waals surface area contributed by atoms with E-state index in [0.717, 1.165) is 0 Å². The van der Waals surface area contributed by atoms with Gasteiger partial charge in [0.25, 0.3) is 0 Å². The van der Waals surface area contributed by atoms with E-state index in [9.17, 15) is 19.5 Å². The van der Waals surface area contributed by atoms with Gasteiger partial charge in [-0.25, -0.2) is 4.79 Å². The van der Waals surface area contributed by atoms with Gasteiger partial charge in [-0.3, -0.25) is 9.59 Å². The van der Waals surface area contributed by atoms with E-state index in [4.69, 9.17) is 20.4 Å². The lowest BCUT2D eigenvalue weighted by Gasteiger charge is -2.30. The highest BCUT2D eigenvalue weighted by Crippen LogP contribution is 2.24. The van der Waals surface area contributed by atoms with Crippen molar-refractivity contribution in [1.29, 1.82) is 0 Å². The molecule has 0 fully saturated rings. The summed E-state index contributed by atoms with van der Waals surface area (Å²) >= 11 is 0. The Hall–Kier alpha value is -2.45. The molecule has 0 aliphatic heterocycles. The van der Waals surface area contributed by atoms with E-state index >= 15 is 0 Å². The number of carboxylic acid groups (broad SMARTS) is 3. The van der Waals surface area contributed by atoms with E-state index in [1.54, 1.807) is 58.0 Å². The lowest BCUT2D eigenvalue weighted by Crippen LogP contribution is -2.36. The van der Waals surface area contributed by atoms with Crippen molar-refractivity contribution >= 4 is 17.9 Å². The number of hydrogen-bond donors (Lipinski definition) is 5. The van der Waals surface area contributed by atoms with E-state index in [1.807, 2.05) is 27.7 Å². The van der Waals surface area contributed by atoms with Gasteiger partial charge in [0, 0.05) is 5.41 Å². The van der Waals surface area contributed by atoms with Gasteiger partial charge in [0.1, 0.15) is 0 Å². The molecular weight excluding hydrogens is 404 g/mol. The summed E-state index contributed by atoms with van der Waals surface area (Å²) in [5.41, 5.74) is -0.0359. The quantitative estimate of drug-likeness (QED) is 0.443. The minimum atomic E-state index is -0.879. The molecule has 8 heteroatoms. The van der Waals surface area contributed by atoms with E-state index < -0.39 is 24.0 Å². The minimum Gasteiger partial charge on any atom is -0.481 e. The first-order valence-electron chi connectivity index (χ1n) is 10.0. The van der Waals surface area contributed by atoms with Crippen molar-refractivity contribution in [1.82, 2.24) is 0 Å². The SMILES string of the molecule is CC(C)C(=O)O.CC(C)C(=O)O.CC(C)C(O)C(C)(C)CO.O=C(O)c1ccccc1. The van der Waals surface area contributed by atoms with Crippen molar-refractivity contribution in [3.63, 3.8) is 0 Å². The molecule has 5 N–H and O–H groups in total. The Morgan fingerprint density at radius 1 is 0.806 bits per heavy atom. The van der Waals surface area contributed by atoms with Crippen molar-refractivity contribution in [3.8, 4) is 0 Å². The van der Waals surface area contributed by atoms with Crippen LogP contribution in [-0.2, 0) is 9.59 Å². The first-order chi connectivity index (χ1) is 14.0. The molecule has 0 radical (unpaired) electrons. The Morgan fingerprint density at radius 3 is 1.26 bits per heavy atom. The number of aliphatic hydroxyl groups excluding tert-OH is 2. The Labute approximate surface area is 185 Å². The van der Waals surface area contributed by atoms with Gasteiger partial charge in [-0.15, -0.1) is 0 Å². The van der Waals surface area contributed by atoms with Crippen LogP contribution in [0.5, 0.6) is 0 Å². The van der Waals surface area contributed by atoms with Crippen molar-refractivity contribution in [2.24, 2.45) is 23.2 Å². The van der Waals surface area contributed by atoms with Crippen LogP contribution in [0.3, 0.4) is 0 Å². The summed E-state index contributed by atoms with van der Waals surface area (Å²) in [6.45, 7) is 14.2. The number of carbonyl (C=O) groups is 3. The van der Waals surface area contributed by atoms with Crippen LogP contribution in [-0.4, -0.2) is 56.2 Å². The summed E-state index contributed by atoms with van der Waals surface area (Å²) in [6.07, 6.45) is -0.419. The summed E-state index contributed by atoms with van der Waals surface area (Å²) in [5, 5.41) is 42.7. The third-order valence-corrected chi connectivity index (χ3v) is 3.85. The molecule has 8 nitrogen and oxygen atoms in total. The molecule has 0 heterocycles. The van der Waals surface area contributed by atoms with Gasteiger partial charge in [0.2, 0.25) is 0 Å². The van der Waals surface area contributed by atoms with Crippen LogP contribution in [0.15, 0.2) is 30.3 Å². The molecule has 1 rings (SSSR count). The summed E-state index contributed by atoms with van der Waals surface area (Å²) in [4.78, 5) is 29.6. The van der Waals surface area contributed by atoms with Gasteiger partial charge in [-0.05, 0) is 18.1 Å². The van der Waals surface area contributed by atoms with Crippen LogP contribution in [0.4, 0.5) is 0 Å². The van der Waals surface area contributed by atoms with E-state index in [1.165, 1.54) is 0 Å². The standard InChI is InChI=1S/C8H18O2.C7H6O2.2C4H8O2/c1-6(2)7(10)8(3,4)5-9;8-7(9)6-4-2-1-3-5-6;2*1-3(2)4(5)6/h6-7,9-10H,5H2,1-4H3;1-5H,(H,8,9);2*3H,1-2H3,(H,5,6). The maximum absolute atomic E-state index is 10.2. The highest BCUT2D eigenvalue weighted by atomic mass is 16.4. The van der Waals surface area contributed by atoms with Gasteiger partial charge in [-0.2, -0.15) is 0 Å². The number of benzene rings is 1. The van der Waals surface area contributed by atoms with E-state index in [-0.39, 0.29) is 29.8 Å². The second-order valence-corrected chi connectivity index (χ2v) is 8.49. The number of aliphatic hydroxyl groups is 2. The summed E-state index contributed by atoms with van der Waals surface area (Å²) in [7, 11) is 0.